The molecule has 29 heavy (non-hydrogen) atoms. The van der Waals surface area contributed by atoms with Gasteiger partial charge in [0.2, 0.25) is 0 Å². The van der Waals surface area contributed by atoms with Crippen molar-refractivity contribution in [2.75, 3.05) is 13.7 Å². The third-order valence-electron chi connectivity index (χ3n) is 6.82. The van der Waals surface area contributed by atoms with Gasteiger partial charge in [0, 0.05) is 11.0 Å². The van der Waals surface area contributed by atoms with E-state index in [2.05, 4.69) is 0 Å². The van der Waals surface area contributed by atoms with E-state index in [9.17, 15) is 18.0 Å². The third-order valence-corrected chi connectivity index (χ3v) is 6.82. The van der Waals surface area contributed by atoms with E-state index in [4.69, 9.17) is 9.47 Å². The number of ketones is 1. The van der Waals surface area contributed by atoms with Crippen LogP contribution in [0.5, 0.6) is 5.75 Å². The Hall–Kier alpha value is -1.82. The molecular formula is C23H27F3O3. The van der Waals surface area contributed by atoms with Crippen molar-refractivity contribution >= 4 is 11.9 Å². The van der Waals surface area contributed by atoms with E-state index in [1.807, 2.05) is 0 Å². The first-order chi connectivity index (χ1) is 13.8. The van der Waals surface area contributed by atoms with Crippen molar-refractivity contribution in [1.29, 1.82) is 0 Å². The van der Waals surface area contributed by atoms with Crippen LogP contribution >= 0.6 is 0 Å². The van der Waals surface area contributed by atoms with E-state index < -0.39 is 12.8 Å². The predicted octanol–water partition coefficient (Wildman–Crippen LogP) is 5.57. The summed E-state index contributed by atoms with van der Waals surface area (Å²) in [6.45, 7) is -1.51. The average Bonchev–Trinajstić information content (AvgIpc) is 2.64. The van der Waals surface area contributed by atoms with Gasteiger partial charge >= 0.3 is 6.18 Å². The highest BCUT2D eigenvalue weighted by atomic mass is 19.4. The lowest BCUT2D eigenvalue weighted by atomic mass is 9.48. The van der Waals surface area contributed by atoms with Gasteiger partial charge in [-0.15, -0.1) is 0 Å². The van der Waals surface area contributed by atoms with Crippen LogP contribution in [0.1, 0.15) is 49.7 Å². The molecule has 0 unspecified atom stereocenters. The summed E-state index contributed by atoms with van der Waals surface area (Å²) in [4.78, 5) is 13.1. The molecule has 4 bridgehead atoms. The van der Waals surface area contributed by atoms with Crippen LogP contribution in [0.15, 0.2) is 24.3 Å². The maximum atomic E-state index is 13.1. The Morgan fingerprint density at radius 3 is 2.31 bits per heavy atom. The van der Waals surface area contributed by atoms with Crippen LogP contribution < -0.4 is 4.74 Å². The van der Waals surface area contributed by atoms with Gasteiger partial charge in [-0.3, -0.25) is 4.79 Å². The second-order valence-electron chi connectivity index (χ2n) is 9.07. The number of halogens is 3. The summed E-state index contributed by atoms with van der Waals surface area (Å²) in [5.74, 6) is 2.80. The Labute approximate surface area is 169 Å². The van der Waals surface area contributed by atoms with Crippen LogP contribution in [0.25, 0.3) is 6.08 Å². The van der Waals surface area contributed by atoms with Gasteiger partial charge in [0.25, 0.3) is 0 Å². The molecule has 0 radical (unpaired) electrons. The highest BCUT2D eigenvalue weighted by molar-refractivity contribution is 5.98. The molecule has 4 fully saturated rings. The molecule has 0 aliphatic heterocycles. The maximum absolute atomic E-state index is 13.1. The van der Waals surface area contributed by atoms with Crippen molar-refractivity contribution < 1.29 is 27.4 Å². The van der Waals surface area contributed by atoms with Gasteiger partial charge < -0.3 is 9.47 Å². The second kappa shape index (κ2) is 7.78. The van der Waals surface area contributed by atoms with E-state index in [0.29, 0.717) is 29.1 Å². The standard InChI is InChI=1S/C23H27F3O3/c1-28-20-4-2-15(9-19(20)13-29-14-23(24,25)26)3-5-21(27)22-10-16-6-17(11-22)8-18(7-16)12-22/h2-5,9,16-18H,6-8,10-14H2,1H3/b5-3+. The largest absolute Gasteiger partial charge is 0.496 e. The summed E-state index contributed by atoms with van der Waals surface area (Å²) in [5, 5.41) is 0. The molecule has 0 saturated heterocycles. The summed E-state index contributed by atoms with van der Waals surface area (Å²) >= 11 is 0. The molecule has 4 aliphatic carbocycles. The topological polar surface area (TPSA) is 35.5 Å². The van der Waals surface area contributed by atoms with Crippen molar-refractivity contribution in [2.24, 2.45) is 23.2 Å². The van der Waals surface area contributed by atoms with Crippen LogP contribution in [-0.2, 0) is 16.1 Å². The molecule has 0 spiro atoms. The molecule has 4 aliphatic rings. The lowest BCUT2D eigenvalue weighted by Gasteiger charge is -2.55. The van der Waals surface area contributed by atoms with Crippen LogP contribution in [0.3, 0.4) is 0 Å². The van der Waals surface area contributed by atoms with Gasteiger partial charge in [-0.2, -0.15) is 13.2 Å². The number of benzene rings is 1. The number of rotatable bonds is 7. The number of hydrogen-bond acceptors (Lipinski definition) is 3. The average molecular weight is 408 g/mol. The van der Waals surface area contributed by atoms with Crippen molar-refractivity contribution in [1.82, 2.24) is 0 Å². The first-order valence-electron chi connectivity index (χ1n) is 10.3. The summed E-state index contributed by atoms with van der Waals surface area (Å²) in [6.07, 6.45) is 5.99. The van der Waals surface area contributed by atoms with Crippen molar-refractivity contribution in [2.45, 2.75) is 51.3 Å². The molecule has 0 N–H and O–H groups in total. The van der Waals surface area contributed by atoms with Gasteiger partial charge in [0.15, 0.2) is 5.78 Å². The number of carbonyl (C=O) groups excluding carboxylic acids is 1. The summed E-state index contributed by atoms with van der Waals surface area (Å²) in [7, 11) is 1.47. The Kier molecular flexibility index (Phi) is 5.49. The summed E-state index contributed by atoms with van der Waals surface area (Å²) in [5.41, 5.74) is 1.10. The first kappa shape index (κ1) is 20.5. The summed E-state index contributed by atoms with van der Waals surface area (Å²) in [6, 6.07) is 5.22. The molecule has 0 aromatic heterocycles. The van der Waals surface area contributed by atoms with E-state index >= 15 is 0 Å². The van der Waals surface area contributed by atoms with Gasteiger partial charge in [0.1, 0.15) is 12.4 Å². The van der Waals surface area contributed by atoms with Crippen molar-refractivity contribution in [3.63, 3.8) is 0 Å². The Bertz CT molecular complexity index is 762. The van der Waals surface area contributed by atoms with E-state index in [-0.39, 0.29) is 17.8 Å². The van der Waals surface area contributed by atoms with Crippen molar-refractivity contribution in [3.8, 4) is 5.75 Å². The minimum Gasteiger partial charge on any atom is -0.496 e. The van der Waals surface area contributed by atoms with E-state index in [1.165, 1.54) is 26.4 Å². The molecule has 0 atom stereocenters. The Balaban J connectivity index is 1.45. The van der Waals surface area contributed by atoms with Crippen LogP contribution in [0.4, 0.5) is 13.2 Å². The molecule has 4 saturated carbocycles. The lowest BCUT2D eigenvalue weighted by Crippen LogP contribution is -2.49. The minimum atomic E-state index is -4.37. The maximum Gasteiger partial charge on any atom is 0.411 e. The second-order valence-corrected chi connectivity index (χ2v) is 9.07. The number of allylic oxidation sites excluding steroid dienone is 1. The van der Waals surface area contributed by atoms with Crippen molar-refractivity contribution in [3.05, 3.63) is 35.4 Å². The van der Waals surface area contributed by atoms with E-state index in [1.54, 1.807) is 30.4 Å². The minimum absolute atomic E-state index is 0.184. The van der Waals surface area contributed by atoms with Gasteiger partial charge in [-0.25, -0.2) is 0 Å². The Morgan fingerprint density at radius 2 is 1.76 bits per heavy atom. The number of alkyl halides is 3. The molecule has 5 rings (SSSR count). The number of hydrogen-bond donors (Lipinski definition) is 0. The van der Waals surface area contributed by atoms with Gasteiger partial charge in [-0.05, 0) is 80.1 Å². The first-order valence-corrected chi connectivity index (χ1v) is 10.3. The molecule has 0 amide bonds. The molecule has 0 heterocycles. The number of methoxy groups -OCH3 is 1. The Morgan fingerprint density at radius 1 is 1.14 bits per heavy atom. The predicted molar refractivity (Wildman–Crippen MR) is 103 cm³/mol. The smallest absolute Gasteiger partial charge is 0.411 e. The molecule has 1 aromatic carbocycles. The third kappa shape index (κ3) is 4.52. The van der Waals surface area contributed by atoms with Crippen LogP contribution in [0.2, 0.25) is 0 Å². The fourth-order valence-corrected chi connectivity index (χ4v) is 6.05. The van der Waals surface area contributed by atoms with Crippen LogP contribution in [-0.4, -0.2) is 25.7 Å². The highest BCUT2D eigenvalue weighted by Crippen LogP contribution is 2.60. The number of carbonyl (C=O) groups is 1. The molecular weight excluding hydrogens is 381 g/mol. The molecule has 158 valence electrons. The highest BCUT2D eigenvalue weighted by Gasteiger charge is 2.53. The van der Waals surface area contributed by atoms with E-state index in [0.717, 1.165) is 24.8 Å². The molecule has 3 nitrogen and oxygen atoms in total. The summed E-state index contributed by atoms with van der Waals surface area (Å²) < 4.78 is 47.0. The zero-order valence-electron chi connectivity index (χ0n) is 16.6. The van der Waals surface area contributed by atoms with Gasteiger partial charge in [0.05, 0.1) is 13.7 Å². The normalized spacial score (nSPS) is 30.8. The van der Waals surface area contributed by atoms with Crippen LogP contribution in [0, 0.1) is 23.2 Å². The zero-order chi connectivity index (χ0) is 20.6. The quantitative estimate of drug-likeness (QED) is 0.553. The monoisotopic (exact) mass is 408 g/mol. The fraction of sp³-hybridized carbons (Fsp3) is 0.609. The SMILES string of the molecule is COc1ccc(/C=C/C(=O)C23CC4CC(CC(C4)C2)C3)cc1COCC(F)(F)F. The zero-order valence-corrected chi connectivity index (χ0v) is 16.6. The van der Waals surface area contributed by atoms with Gasteiger partial charge in [-0.1, -0.05) is 12.1 Å². The molecule has 1 aromatic rings. The molecule has 6 heteroatoms. The number of ether oxygens (including phenoxy) is 2. The fourth-order valence-electron chi connectivity index (χ4n) is 6.05. The lowest BCUT2D eigenvalue weighted by molar-refractivity contribution is -0.176.